The number of halogens is 1. The molecule has 0 aliphatic carbocycles. The van der Waals surface area contributed by atoms with Gasteiger partial charge >= 0.3 is 0 Å². The maximum Gasteiger partial charge on any atom is 0.153 e. The Kier molecular flexibility index (Phi) is 4.04. The van der Waals surface area contributed by atoms with Gasteiger partial charge < -0.3 is 5.11 Å². The zero-order valence-corrected chi connectivity index (χ0v) is 15.6. The van der Waals surface area contributed by atoms with Crippen molar-refractivity contribution in [2.24, 2.45) is 9.98 Å². The lowest BCUT2D eigenvalue weighted by Crippen LogP contribution is -2.39. The predicted molar refractivity (Wildman–Crippen MR) is 104 cm³/mol. The summed E-state index contributed by atoms with van der Waals surface area (Å²) in [6.45, 7) is 6.63. The molecule has 0 saturated carbocycles. The average Bonchev–Trinajstić information content (AvgIpc) is 2.83. The fraction of sp³-hybridized carbons (Fsp3) is 0.368. The first-order chi connectivity index (χ1) is 12.4. The Morgan fingerprint density at radius 3 is 2.69 bits per heavy atom. The van der Waals surface area contributed by atoms with Crippen LogP contribution in [0.1, 0.15) is 37.8 Å². The lowest BCUT2D eigenvalue weighted by Gasteiger charge is -2.28. The largest absolute Gasteiger partial charge is 0.372 e. The Labute approximate surface area is 157 Å². The quantitative estimate of drug-likeness (QED) is 0.879. The number of hydrogen-bond acceptors (Lipinski definition) is 6. The Balaban J connectivity index is 1.79. The first-order valence-corrected chi connectivity index (χ1v) is 8.90. The number of aromatic nitrogens is 2. The molecular weight excluding hydrogens is 350 g/mol. The Morgan fingerprint density at radius 1 is 1.23 bits per heavy atom. The molecule has 0 amide bonds. The van der Waals surface area contributed by atoms with Crippen LogP contribution in [-0.4, -0.2) is 39.9 Å². The molecule has 0 spiro atoms. The van der Waals surface area contributed by atoms with Gasteiger partial charge in [-0.15, -0.1) is 0 Å². The van der Waals surface area contributed by atoms with Crippen LogP contribution in [0.5, 0.6) is 0 Å². The van der Waals surface area contributed by atoms with Crippen LogP contribution in [0.15, 0.2) is 40.6 Å². The molecule has 4 rings (SSSR count). The van der Waals surface area contributed by atoms with Gasteiger partial charge in [0.25, 0.3) is 0 Å². The summed E-state index contributed by atoms with van der Waals surface area (Å²) in [5.74, 6) is 1.50. The molecule has 1 N–H and O–H groups in total. The van der Waals surface area contributed by atoms with E-state index in [-0.39, 0.29) is 5.92 Å². The summed E-state index contributed by atoms with van der Waals surface area (Å²) < 4.78 is 0. The Morgan fingerprint density at radius 2 is 2.04 bits per heavy atom. The monoisotopic (exact) mass is 369 g/mol. The third kappa shape index (κ3) is 2.70. The van der Waals surface area contributed by atoms with Crippen LogP contribution in [0, 0.1) is 0 Å². The van der Waals surface area contributed by atoms with E-state index in [1.165, 1.54) is 6.20 Å². The number of anilines is 2. The number of hydrogen-bond donors (Lipinski definition) is 1. The molecule has 0 fully saturated rings. The molecule has 0 saturated heterocycles. The van der Waals surface area contributed by atoms with Crippen LogP contribution in [0.2, 0.25) is 5.15 Å². The van der Waals surface area contributed by atoms with Crippen LogP contribution in [0.25, 0.3) is 0 Å². The molecule has 26 heavy (non-hydrogen) atoms. The van der Waals surface area contributed by atoms with Crippen molar-refractivity contribution in [3.05, 3.63) is 46.9 Å². The summed E-state index contributed by atoms with van der Waals surface area (Å²) in [7, 11) is 0. The van der Waals surface area contributed by atoms with E-state index in [1.54, 1.807) is 6.20 Å². The fourth-order valence-electron chi connectivity index (χ4n) is 3.50. The van der Waals surface area contributed by atoms with Crippen molar-refractivity contribution >= 4 is 35.2 Å². The smallest absolute Gasteiger partial charge is 0.153 e. The van der Waals surface area contributed by atoms with Crippen LogP contribution in [0.3, 0.4) is 0 Å². The van der Waals surface area contributed by atoms with Crippen LogP contribution < -0.4 is 4.90 Å². The third-order valence-corrected chi connectivity index (χ3v) is 5.30. The molecule has 2 aliphatic heterocycles. The number of rotatable bonds is 2. The molecule has 2 unspecified atom stereocenters. The van der Waals surface area contributed by atoms with Crippen LogP contribution in [0.4, 0.5) is 11.5 Å². The molecule has 134 valence electrons. The first-order valence-electron chi connectivity index (χ1n) is 8.52. The van der Waals surface area contributed by atoms with Gasteiger partial charge in [-0.05, 0) is 24.1 Å². The highest BCUT2D eigenvalue weighted by molar-refractivity contribution is 6.29. The summed E-state index contributed by atoms with van der Waals surface area (Å²) in [6, 6.07) is 6.27. The zero-order valence-electron chi connectivity index (χ0n) is 14.9. The lowest BCUT2D eigenvalue weighted by molar-refractivity contribution is 0.118. The van der Waals surface area contributed by atoms with Crippen LogP contribution in [-0.2, 0) is 5.41 Å². The average molecular weight is 370 g/mol. The molecule has 6 nitrogen and oxygen atoms in total. The van der Waals surface area contributed by atoms with Gasteiger partial charge in [-0.25, -0.2) is 15.0 Å². The van der Waals surface area contributed by atoms with E-state index in [0.29, 0.717) is 17.5 Å². The molecule has 1 aromatic heterocycles. The van der Waals surface area contributed by atoms with Gasteiger partial charge in [0, 0.05) is 23.2 Å². The number of amidine groups is 1. The number of benzene rings is 1. The van der Waals surface area contributed by atoms with Gasteiger partial charge in [0.1, 0.15) is 17.2 Å². The van der Waals surface area contributed by atoms with E-state index in [9.17, 15) is 5.11 Å². The fourth-order valence-corrected chi connectivity index (χ4v) is 3.60. The van der Waals surface area contributed by atoms with Gasteiger partial charge in [-0.2, -0.15) is 0 Å². The van der Waals surface area contributed by atoms with Crippen LogP contribution >= 0.6 is 11.6 Å². The molecule has 2 aliphatic rings. The third-order valence-electron chi connectivity index (χ3n) is 5.11. The molecule has 1 aromatic carbocycles. The number of aliphatic imine (C=N–C) groups is 2. The first kappa shape index (κ1) is 17.1. The van der Waals surface area contributed by atoms with E-state index in [1.807, 2.05) is 31.9 Å². The lowest BCUT2D eigenvalue weighted by atomic mass is 9.84. The molecule has 7 heteroatoms. The Bertz CT molecular complexity index is 907. The van der Waals surface area contributed by atoms with Gasteiger partial charge in [-0.3, -0.25) is 9.89 Å². The molecule has 2 aromatic rings. The summed E-state index contributed by atoms with van der Waals surface area (Å²) in [6.07, 6.45) is 4.26. The van der Waals surface area contributed by atoms with Crippen molar-refractivity contribution in [1.82, 2.24) is 9.97 Å². The SMILES string of the molecule is CC1=NCC(c2ccc3c(c2)N(c2cnc(Cl)cn2)C(O)C3(C)C)C=N1. The maximum atomic E-state index is 11.0. The molecule has 0 bridgehead atoms. The second kappa shape index (κ2) is 6.14. The minimum absolute atomic E-state index is 0.128. The van der Waals surface area contributed by atoms with E-state index in [0.717, 1.165) is 22.6 Å². The zero-order chi connectivity index (χ0) is 18.5. The summed E-state index contributed by atoms with van der Waals surface area (Å²) >= 11 is 5.87. The number of aliphatic hydroxyl groups excluding tert-OH is 1. The minimum atomic E-state index is -0.747. The number of aliphatic hydroxyl groups is 1. The standard InChI is InChI=1S/C19H20ClN5O/c1-11-21-7-13(8-22-11)12-4-5-14-15(6-12)25(18(26)19(14,2)3)17-10-23-16(20)9-24-17/h4-7,9-10,13,18,26H,8H2,1-3H3. The van der Waals surface area contributed by atoms with Crippen molar-refractivity contribution < 1.29 is 5.11 Å². The molecule has 0 radical (unpaired) electrons. The summed E-state index contributed by atoms with van der Waals surface area (Å²) in [4.78, 5) is 19.0. The van der Waals surface area contributed by atoms with Gasteiger partial charge in [0.05, 0.1) is 18.9 Å². The van der Waals surface area contributed by atoms with E-state index in [4.69, 9.17) is 11.6 Å². The second-order valence-corrected chi connectivity index (χ2v) is 7.60. The van der Waals surface area contributed by atoms with E-state index >= 15 is 0 Å². The van der Waals surface area contributed by atoms with Crippen molar-refractivity contribution in [3.8, 4) is 0 Å². The van der Waals surface area contributed by atoms with Crippen molar-refractivity contribution in [2.75, 3.05) is 11.4 Å². The summed E-state index contributed by atoms with van der Waals surface area (Å²) in [5, 5.41) is 11.3. The predicted octanol–water partition coefficient (Wildman–Crippen LogP) is 3.46. The van der Waals surface area contributed by atoms with Crippen molar-refractivity contribution in [3.63, 3.8) is 0 Å². The normalized spacial score (nSPS) is 23.7. The van der Waals surface area contributed by atoms with Crippen molar-refractivity contribution in [1.29, 1.82) is 0 Å². The highest BCUT2D eigenvalue weighted by Crippen LogP contribution is 2.48. The number of fused-ring (bicyclic) bond motifs is 1. The highest BCUT2D eigenvalue weighted by atomic mass is 35.5. The topological polar surface area (TPSA) is 74.0 Å². The maximum absolute atomic E-state index is 11.0. The van der Waals surface area contributed by atoms with Gasteiger partial charge in [0.2, 0.25) is 0 Å². The molecular formula is C19H20ClN5O. The molecule has 2 atom stereocenters. The van der Waals surface area contributed by atoms with E-state index in [2.05, 4.69) is 38.2 Å². The number of nitrogens with zero attached hydrogens (tertiary/aromatic N) is 5. The van der Waals surface area contributed by atoms with E-state index < -0.39 is 11.6 Å². The van der Waals surface area contributed by atoms with Crippen molar-refractivity contribution in [2.45, 2.75) is 38.3 Å². The van der Waals surface area contributed by atoms with Gasteiger partial charge in [-0.1, -0.05) is 37.6 Å². The highest BCUT2D eigenvalue weighted by Gasteiger charge is 2.45. The summed E-state index contributed by atoms with van der Waals surface area (Å²) in [5.41, 5.74) is 2.67. The molecule has 3 heterocycles. The Hall–Kier alpha value is -2.31. The van der Waals surface area contributed by atoms with Gasteiger partial charge in [0.15, 0.2) is 5.82 Å². The second-order valence-electron chi connectivity index (χ2n) is 7.21. The minimum Gasteiger partial charge on any atom is -0.372 e.